The summed E-state index contributed by atoms with van der Waals surface area (Å²) in [6, 6.07) is 31.6. The van der Waals surface area contributed by atoms with Gasteiger partial charge in [0.2, 0.25) is 5.91 Å². The van der Waals surface area contributed by atoms with Crippen molar-refractivity contribution in [3.05, 3.63) is 108 Å². The minimum absolute atomic E-state index is 0.238. The van der Waals surface area contributed by atoms with Gasteiger partial charge in [-0.3, -0.25) is 14.9 Å². The lowest BCUT2D eigenvalue weighted by atomic mass is 10.1. The average Bonchev–Trinajstić information content (AvgIpc) is 3.52. The SMILES string of the molecule is CC(Oc1ccc(CC2SC(=O)NC2=O)cc1)c1nc2ccc(Oc3ccc(-c4ccccc4)cc3)cc2[nH]1. The van der Waals surface area contributed by atoms with Gasteiger partial charge in [-0.2, -0.15) is 0 Å². The molecule has 5 aromatic rings. The Labute approximate surface area is 229 Å². The molecular formula is C31H25N3O4S. The molecule has 0 bridgehead atoms. The lowest BCUT2D eigenvalue weighted by Crippen LogP contribution is -2.25. The highest BCUT2D eigenvalue weighted by atomic mass is 32.2. The van der Waals surface area contributed by atoms with E-state index in [1.165, 1.54) is 0 Å². The predicted molar refractivity (Wildman–Crippen MR) is 152 cm³/mol. The van der Waals surface area contributed by atoms with E-state index in [2.05, 4.69) is 39.6 Å². The maximum Gasteiger partial charge on any atom is 0.286 e. The molecule has 1 saturated heterocycles. The Morgan fingerprint density at radius 3 is 2.26 bits per heavy atom. The molecule has 2 amide bonds. The molecule has 8 heteroatoms. The predicted octanol–water partition coefficient (Wildman–Crippen LogP) is 7.06. The third kappa shape index (κ3) is 5.66. The summed E-state index contributed by atoms with van der Waals surface area (Å²) in [6.45, 7) is 1.93. The molecule has 0 spiro atoms. The van der Waals surface area contributed by atoms with Gasteiger partial charge in [0, 0.05) is 6.07 Å². The molecule has 0 saturated carbocycles. The Kier molecular flexibility index (Phi) is 6.77. The molecule has 0 aliphatic carbocycles. The van der Waals surface area contributed by atoms with Crippen LogP contribution in [0.25, 0.3) is 22.2 Å². The highest BCUT2D eigenvalue weighted by Crippen LogP contribution is 2.29. The van der Waals surface area contributed by atoms with E-state index in [0.717, 1.165) is 45.2 Å². The number of nitrogens with zero attached hydrogens (tertiary/aromatic N) is 1. The smallest absolute Gasteiger partial charge is 0.286 e. The first kappa shape index (κ1) is 24.8. The Bertz CT molecular complexity index is 1630. The maximum absolute atomic E-state index is 11.8. The second kappa shape index (κ2) is 10.7. The molecule has 7 nitrogen and oxygen atoms in total. The third-order valence-electron chi connectivity index (χ3n) is 6.48. The fourth-order valence-electron chi connectivity index (χ4n) is 4.45. The zero-order valence-corrected chi connectivity index (χ0v) is 21.9. The first-order valence-corrected chi connectivity index (χ1v) is 13.5. The van der Waals surface area contributed by atoms with Gasteiger partial charge in [0.05, 0.1) is 16.3 Å². The molecule has 194 valence electrons. The van der Waals surface area contributed by atoms with Crippen molar-refractivity contribution in [2.45, 2.75) is 24.7 Å². The van der Waals surface area contributed by atoms with Gasteiger partial charge in [-0.1, -0.05) is 66.4 Å². The van der Waals surface area contributed by atoms with Gasteiger partial charge >= 0.3 is 0 Å². The van der Waals surface area contributed by atoms with E-state index in [1.54, 1.807) is 0 Å². The zero-order valence-electron chi connectivity index (χ0n) is 21.1. The highest BCUT2D eigenvalue weighted by molar-refractivity contribution is 8.15. The van der Waals surface area contributed by atoms with Gasteiger partial charge in [0.15, 0.2) is 6.10 Å². The van der Waals surface area contributed by atoms with Crippen LogP contribution < -0.4 is 14.8 Å². The van der Waals surface area contributed by atoms with Gasteiger partial charge in [0.25, 0.3) is 5.24 Å². The molecule has 6 rings (SSSR count). The highest BCUT2D eigenvalue weighted by Gasteiger charge is 2.31. The second-order valence-corrected chi connectivity index (χ2v) is 10.5. The number of rotatable bonds is 8. The quantitative estimate of drug-likeness (QED) is 0.221. The summed E-state index contributed by atoms with van der Waals surface area (Å²) in [5.74, 6) is 2.63. The normalized spacial score (nSPS) is 15.8. The number of nitrogens with one attached hydrogen (secondary N) is 2. The van der Waals surface area contributed by atoms with Crippen LogP contribution in [0.1, 0.15) is 24.4 Å². The molecule has 39 heavy (non-hydrogen) atoms. The van der Waals surface area contributed by atoms with Gasteiger partial charge in [0.1, 0.15) is 23.1 Å². The van der Waals surface area contributed by atoms with E-state index < -0.39 is 0 Å². The average molecular weight is 536 g/mol. The van der Waals surface area contributed by atoms with Gasteiger partial charge in [-0.05, 0) is 66.4 Å². The number of imidazole rings is 1. The zero-order chi connectivity index (χ0) is 26.8. The molecule has 2 atom stereocenters. The van der Waals surface area contributed by atoms with Crippen LogP contribution in [0.3, 0.4) is 0 Å². The Morgan fingerprint density at radius 1 is 0.846 bits per heavy atom. The summed E-state index contributed by atoms with van der Waals surface area (Å²) in [4.78, 5) is 31.2. The summed E-state index contributed by atoms with van der Waals surface area (Å²) < 4.78 is 12.2. The van der Waals surface area contributed by atoms with E-state index in [-0.39, 0.29) is 22.5 Å². The Balaban J connectivity index is 1.09. The van der Waals surface area contributed by atoms with Crippen LogP contribution in [0.5, 0.6) is 17.2 Å². The van der Waals surface area contributed by atoms with Crippen molar-refractivity contribution < 1.29 is 19.1 Å². The largest absolute Gasteiger partial charge is 0.483 e. The van der Waals surface area contributed by atoms with E-state index in [4.69, 9.17) is 9.47 Å². The number of imide groups is 1. The van der Waals surface area contributed by atoms with Crippen LogP contribution in [-0.4, -0.2) is 26.4 Å². The van der Waals surface area contributed by atoms with Crippen molar-refractivity contribution in [1.82, 2.24) is 15.3 Å². The molecule has 1 aliphatic heterocycles. The van der Waals surface area contributed by atoms with E-state index >= 15 is 0 Å². The summed E-state index contributed by atoms with van der Waals surface area (Å²) in [5.41, 5.74) is 4.94. The number of ether oxygens (including phenoxy) is 2. The number of aromatic nitrogens is 2. The number of carbonyl (C=O) groups is 2. The monoisotopic (exact) mass is 535 g/mol. The number of hydrogen-bond acceptors (Lipinski definition) is 6. The van der Waals surface area contributed by atoms with Gasteiger partial charge in [-0.25, -0.2) is 4.98 Å². The minimum Gasteiger partial charge on any atom is -0.483 e. The molecule has 1 fully saturated rings. The molecule has 1 aliphatic rings. The number of aromatic amines is 1. The third-order valence-corrected chi connectivity index (χ3v) is 7.46. The van der Waals surface area contributed by atoms with Crippen molar-refractivity contribution in [1.29, 1.82) is 0 Å². The lowest BCUT2D eigenvalue weighted by molar-refractivity contribution is -0.118. The summed E-state index contributed by atoms with van der Waals surface area (Å²) in [6.07, 6.45) is 0.176. The minimum atomic E-state index is -0.388. The number of benzene rings is 4. The topological polar surface area (TPSA) is 93.3 Å². The molecule has 2 N–H and O–H groups in total. The van der Waals surface area contributed by atoms with Crippen molar-refractivity contribution in [3.8, 4) is 28.4 Å². The number of amides is 2. The molecule has 1 aromatic heterocycles. The molecule has 2 heterocycles. The Morgan fingerprint density at radius 2 is 1.54 bits per heavy atom. The van der Waals surface area contributed by atoms with Crippen LogP contribution in [0, 0.1) is 0 Å². The van der Waals surface area contributed by atoms with Crippen molar-refractivity contribution in [2.75, 3.05) is 0 Å². The van der Waals surface area contributed by atoms with E-state index in [9.17, 15) is 9.59 Å². The van der Waals surface area contributed by atoms with E-state index in [1.807, 2.05) is 79.7 Å². The number of thioether (sulfide) groups is 1. The maximum atomic E-state index is 11.8. The molecular weight excluding hydrogens is 510 g/mol. The molecule has 4 aromatic carbocycles. The van der Waals surface area contributed by atoms with Gasteiger partial charge < -0.3 is 14.5 Å². The number of H-pyrrole nitrogens is 1. The first-order chi connectivity index (χ1) is 19.0. The number of fused-ring (bicyclic) bond motifs is 1. The van der Waals surface area contributed by atoms with Crippen LogP contribution in [-0.2, 0) is 11.2 Å². The van der Waals surface area contributed by atoms with Crippen LogP contribution in [0.4, 0.5) is 4.79 Å². The van der Waals surface area contributed by atoms with Gasteiger partial charge in [-0.15, -0.1) is 0 Å². The molecule has 0 radical (unpaired) electrons. The first-order valence-electron chi connectivity index (χ1n) is 12.6. The number of hydrogen-bond donors (Lipinski definition) is 2. The van der Waals surface area contributed by atoms with E-state index in [0.29, 0.717) is 23.7 Å². The summed E-state index contributed by atoms with van der Waals surface area (Å²) in [7, 11) is 0. The van der Waals surface area contributed by atoms with Crippen LogP contribution in [0.15, 0.2) is 97.1 Å². The fraction of sp³-hybridized carbons (Fsp3) is 0.129. The van der Waals surface area contributed by atoms with Crippen LogP contribution >= 0.6 is 11.8 Å². The Hall–Kier alpha value is -4.56. The van der Waals surface area contributed by atoms with Crippen LogP contribution in [0.2, 0.25) is 0 Å². The van der Waals surface area contributed by atoms with Crippen molar-refractivity contribution >= 4 is 33.9 Å². The standard InChI is InChI=1S/C31H25N3O4S/c1-19(37-23-11-7-20(8-12-23)17-28-30(35)34-31(36)39-28)29-32-26-16-15-25(18-27(26)33-29)38-24-13-9-22(10-14-24)21-5-3-2-4-6-21/h2-16,18-19,28H,17H2,1H3,(H,32,33)(H,34,35,36). The second-order valence-electron chi connectivity index (χ2n) is 9.28. The summed E-state index contributed by atoms with van der Waals surface area (Å²) >= 11 is 1.03. The molecule has 2 unspecified atom stereocenters. The summed E-state index contributed by atoms with van der Waals surface area (Å²) in [5, 5.41) is 1.64. The fourth-order valence-corrected chi connectivity index (χ4v) is 5.31. The lowest BCUT2D eigenvalue weighted by Gasteiger charge is -2.13. The van der Waals surface area contributed by atoms with Crippen molar-refractivity contribution in [2.24, 2.45) is 0 Å². The number of carbonyl (C=O) groups excluding carboxylic acids is 2. The van der Waals surface area contributed by atoms with Crippen molar-refractivity contribution in [3.63, 3.8) is 0 Å².